The Morgan fingerprint density at radius 2 is 1.41 bits per heavy atom. The van der Waals surface area contributed by atoms with Crippen LogP contribution in [-0.4, -0.2) is 72.3 Å². The number of carbonyl (C=O) groups is 2. The van der Waals surface area contributed by atoms with Gasteiger partial charge in [0, 0.05) is 45.6 Å². The quantitative estimate of drug-likeness (QED) is 0.772. The molecule has 1 aromatic carbocycles. The van der Waals surface area contributed by atoms with Crippen LogP contribution in [0.1, 0.15) is 45.1 Å². The number of hydrogen-bond donors (Lipinski definition) is 0. The predicted octanol–water partition coefficient (Wildman–Crippen LogP) is 2.51. The Hall–Kier alpha value is -1.88. The first-order chi connectivity index (χ1) is 13.0. The van der Waals surface area contributed by atoms with Gasteiger partial charge in [0.25, 0.3) is 0 Å². The van der Waals surface area contributed by atoms with Gasteiger partial charge in [-0.15, -0.1) is 0 Å². The van der Waals surface area contributed by atoms with Gasteiger partial charge in [0.1, 0.15) is 0 Å². The second-order valence-electron chi connectivity index (χ2n) is 8.49. The molecule has 0 N–H and O–H groups in total. The largest absolute Gasteiger partial charge is 0.339 e. The van der Waals surface area contributed by atoms with Gasteiger partial charge in [-0.1, -0.05) is 44.2 Å². The number of piperazine rings is 1. The molecule has 5 heteroatoms. The van der Waals surface area contributed by atoms with Crippen molar-refractivity contribution in [3.8, 4) is 0 Å². The molecule has 0 aliphatic carbocycles. The summed E-state index contributed by atoms with van der Waals surface area (Å²) in [6.07, 6.45) is 3.62. The summed E-state index contributed by atoms with van der Waals surface area (Å²) in [5.41, 5.74) is 1.01. The second-order valence-corrected chi connectivity index (χ2v) is 8.49. The van der Waals surface area contributed by atoms with Crippen LogP contribution in [0.5, 0.6) is 0 Å². The number of benzene rings is 1. The first-order valence-corrected chi connectivity index (χ1v) is 10.3. The molecule has 0 aromatic heterocycles. The van der Waals surface area contributed by atoms with Crippen molar-refractivity contribution >= 4 is 11.8 Å². The van der Waals surface area contributed by atoms with E-state index in [1.54, 1.807) is 0 Å². The van der Waals surface area contributed by atoms with E-state index in [1.165, 1.54) is 18.4 Å². The summed E-state index contributed by atoms with van der Waals surface area (Å²) in [6.45, 7) is 10.0. The maximum atomic E-state index is 12.8. The van der Waals surface area contributed by atoms with E-state index in [9.17, 15) is 9.59 Å². The molecule has 3 rings (SSSR count). The zero-order chi connectivity index (χ0) is 19.3. The highest BCUT2D eigenvalue weighted by atomic mass is 16.2. The van der Waals surface area contributed by atoms with E-state index in [-0.39, 0.29) is 17.2 Å². The van der Waals surface area contributed by atoms with Crippen molar-refractivity contribution in [3.63, 3.8) is 0 Å². The number of nitrogens with zero attached hydrogens (tertiary/aromatic N) is 3. The zero-order valence-corrected chi connectivity index (χ0v) is 16.8. The molecule has 2 saturated heterocycles. The second kappa shape index (κ2) is 8.87. The molecule has 0 saturated carbocycles. The molecule has 148 valence electrons. The van der Waals surface area contributed by atoms with E-state index in [0.29, 0.717) is 39.0 Å². The summed E-state index contributed by atoms with van der Waals surface area (Å²) >= 11 is 0. The van der Waals surface area contributed by atoms with Crippen LogP contribution in [0.25, 0.3) is 0 Å². The van der Waals surface area contributed by atoms with E-state index >= 15 is 0 Å². The molecule has 0 atom stereocenters. The van der Waals surface area contributed by atoms with Crippen LogP contribution in [-0.2, 0) is 15.0 Å². The first kappa shape index (κ1) is 19.9. The molecule has 2 amide bonds. The van der Waals surface area contributed by atoms with Crippen LogP contribution in [0.4, 0.5) is 0 Å². The monoisotopic (exact) mass is 371 g/mol. The number of rotatable bonds is 6. The van der Waals surface area contributed by atoms with Crippen molar-refractivity contribution in [3.05, 3.63) is 35.9 Å². The van der Waals surface area contributed by atoms with Gasteiger partial charge in [0.2, 0.25) is 11.8 Å². The molecule has 0 radical (unpaired) electrons. The van der Waals surface area contributed by atoms with Gasteiger partial charge in [-0.3, -0.25) is 9.59 Å². The van der Waals surface area contributed by atoms with E-state index < -0.39 is 0 Å². The normalized spacial score (nSPS) is 18.7. The standard InChI is InChI=1S/C22H33N3O2/c1-22(2,19-8-4-3-5-9-19)18-21(27)25-16-14-24(15-17-25)20(26)10-13-23-11-6-7-12-23/h3-5,8-9H,6-7,10-18H2,1-2H3. The Labute approximate surface area is 163 Å². The van der Waals surface area contributed by atoms with Gasteiger partial charge in [-0.05, 0) is 36.9 Å². The van der Waals surface area contributed by atoms with E-state index in [2.05, 4.69) is 30.9 Å². The number of likely N-dealkylation sites (tertiary alicyclic amines) is 1. The summed E-state index contributed by atoms with van der Waals surface area (Å²) in [6, 6.07) is 10.2. The van der Waals surface area contributed by atoms with Gasteiger partial charge >= 0.3 is 0 Å². The Morgan fingerprint density at radius 3 is 2.00 bits per heavy atom. The third-order valence-corrected chi connectivity index (χ3v) is 5.97. The molecule has 1 aromatic rings. The Morgan fingerprint density at radius 1 is 0.852 bits per heavy atom. The van der Waals surface area contributed by atoms with Gasteiger partial charge in [-0.2, -0.15) is 0 Å². The number of carbonyl (C=O) groups excluding carboxylic acids is 2. The first-order valence-electron chi connectivity index (χ1n) is 10.3. The van der Waals surface area contributed by atoms with E-state index in [0.717, 1.165) is 19.6 Å². The summed E-state index contributed by atoms with van der Waals surface area (Å²) < 4.78 is 0. The van der Waals surface area contributed by atoms with Gasteiger partial charge in [0.15, 0.2) is 0 Å². The Balaban J connectivity index is 1.44. The fourth-order valence-electron chi connectivity index (χ4n) is 4.10. The molecule has 2 aliphatic heterocycles. The van der Waals surface area contributed by atoms with Crippen LogP contribution in [0.3, 0.4) is 0 Å². The summed E-state index contributed by atoms with van der Waals surface area (Å²) in [4.78, 5) is 31.5. The van der Waals surface area contributed by atoms with Gasteiger partial charge < -0.3 is 14.7 Å². The average molecular weight is 372 g/mol. The molecule has 0 unspecified atom stereocenters. The summed E-state index contributed by atoms with van der Waals surface area (Å²) in [5, 5.41) is 0. The van der Waals surface area contributed by atoms with Crippen LogP contribution >= 0.6 is 0 Å². The third-order valence-electron chi connectivity index (χ3n) is 5.97. The molecular weight excluding hydrogens is 338 g/mol. The van der Waals surface area contributed by atoms with Crippen molar-refractivity contribution < 1.29 is 9.59 Å². The third kappa shape index (κ3) is 5.32. The lowest BCUT2D eigenvalue weighted by Gasteiger charge is -2.37. The molecule has 0 bridgehead atoms. The lowest BCUT2D eigenvalue weighted by molar-refractivity contribution is -0.140. The number of hydrogen-bond acceptors (Lipinski definition) is 3. The highest BCUT2D eigenvalue weighted by Crippen LogP contribution is 2.27. The number of amides is 2. The van der Waals surface area contributed by atoms with E-state index in [4.69, 9.17) is 0 Å². The predicted molar refractivity (Wildman–Crippen MR) is 108 cm³/mol. The molecule has 5 nitrogen and oxygen atoms in total. The van der Waals surface area contributed by atoms with Crippen molar-refractivity contribution in [2.75, 3.05) is 45.8 Å². The Kier molecular flexibility index (Phi) is 6.53. The highest BCUT2D eigenvalue weighted by molar-refractivity contribution is 5.79. The average Bonchev–Trinajstić information content (AvgIpc) is 3.20. The van der Waals surface area contributed by atoms with Crippen LogP contribution in [0.15, 0.2) is 30.3 Å². The van der Waals surface area contributed by atoms with Crippen molar-refractivity contribution in [1.82, 2.24) is 14.7 Å². The topological polar surface area (TPSA) is 43.9 Å². The molecule has 2 fully saturated rings. The molecule has 27 heavy (non-hydrogen) atoms. The van der Waals surface area contributed by atoms with Crippen LogP contribution < -0.4 is 0 Å². The fraction of sp³-hybridized carbons (Fsp3) is 0.636. The van der Waals surface area contributed by atoms with Crippen molar-refractivity contribution in [2.24, 2.45) is 0 Å². The van der Waals surface area contributed by atoms with Gasteiger partial charge in [-0.25, -0.2) is 0 Å². The van der Waals surface area contributed by atoms with Crippen molar-refractivity contribution in [2.45, 2.75) is 44.9 Å². The molecule has 2 heterocycles. The minimum atomic E-state index is -0.180. The smallest absolute Gasteiger partial charge is 0.223 e. The Bertz CT molecular complexity index is 630. The SMILES string of the molecule is CC(C)(CC(=O)N1CCN(C(=O)CCN2CCCC2)CC1)c1ccccc1. The fourth-order valence-corrected chi connectivity index (χ4v) is 4.10. The van der Waals surface area contributed by atoms with Crippen LogP contribution in [0.2, 0.25) is 0 Å². The zero-order valence-electron chi connectivity index (χ0n) is 16.8. The highest BCUT2D eigenvalue weighted by Gasteiger charge is 2.29. The molecule has 0 spiro atoms. The minimum Gasteiger partial charge on any atom is -0.339 e. The molecule has 2 aliphatic rings. The maximum Gasteiger partial charge on any atom is 0.223 e. The van der Waals surface area contributed by atoms with Gasteiger partial charge in [0.05, 0.1) is 0 Å². The lowest BCUT2D eigenvalue weighted by atomic mass is 9.81. The summed E-state index contributed by atoms with van der Waals surface area (Å²) in [5.74, 6) is 0.423. The van der Waals surface area contributed by atoms with Crippen molar-refractivity contribution in [1.29, 1.82) is 0 Å². The van der Waals surface area contributed by atoms with E-state index in [1.807, 2.05) is 28.0 Å². The molecular formula is C22H33N3O2. The summed E-state index contributed by atoms with van der Waals surface area (Å²) in [7, 11) is 0. The lowest BCUT2D eigenvalue weighted by Crippen LogP contribution is -2.51. The minimum absolute atomic E-state index is 0.180. The maximum absolute atomic E-state index is 12.8. The van der Waals surface area contributed by atoms with Crippen LogP contribution in [0, 0.1) is 0 Å².